The van der Waals surface area contributed by atoms with Crippen molar-refractivity contribution in [1.82, 2.24) is 0 Å². The number of ether oxygens (including phenoxy) is 1. The Morgan fingerprint density at radius 1 is 1.00 bits per heavy atom. The van der Waals surface area contributed by atoms with Crippen molar-refractivity contribution in [2.45, 2.75) is 13.3 Å². The number of nitrogens with zero attached hydrogens (tertiary/aromatic N) is 2. The van der Waals surface area contributed by atoms with Gasteiger partial charge in [-0.15, -0.1) is 0 Å². The van der Waals surface area contributed by atoms with Crippen molar-refractivity contribution in [3.05, 3.63) is 98.1 Å². The lowest BCUT2D eigenvalue weighted by Gasteiger charge is -2.08. The predicted molar refractivity (Wildman–Crippen MR) is 104 cm³/mol. The SMILES string of the molecule is CCOC(=O)C/C=C/C=C(c1cccc([N+](=O)[O-])c1)c1cccc([N+](=O)[O-])c1. The van der Waals surface area contributed by atoms with Crippen LogP contribution in [0.3, 0.4) is 0 Å². The lowest BCUT2D eigenvalue weighted by Crippen LogP contribution is -2.01. The maximum absolute atomic E-state index is 11.4. The molecule has 0 saturated carbocycles. The van der Waals surface area contributed by atoms with E-state index >= 15 is 0 Å². The zero-order chi connectivity index (χ0) is 20.5. The summed E-state index contributed by atoms with van der Waals surface area (Å²) in [5, 5.41) is 22.2. The van der Waals surface area contributed by atoms with Gasteiger partial charge in [-0.3, -0.25) is 25.0 Å². The number of hydrogen-bond donors (Lipinski definition) is 0. The van der Waals surface area contributed by atoms with E-state index < -0.39 is 9.85 Å². The van der Waals surface area contributed by atoms with Crippen LogP contribution in [0.25, 0.3) is 5.57 Å². The van der Waals surface area contributed by atoms with Crippen LogP contribution in [0.1, 0.15) is 24.5 Å². The van der Waals surface area contributed by atoms with E-state index in [1.165, 1.54) is 24.3 Å². The van der Waals surface area contributed by atoms with Gasteiger partial charge in [-0.2, -0.15) is 0 Å². The average molecular weight is 382 g/mol. The molecule has 0 unspecified atom stereocenters. The van der Waals surface area contributed by atoms with E-state index in [9.17, 15) is 25.0 Å². The van der Waals surface area contributed by atoms with Crippen LogP contribution in [0.2, 0.25) is 0 Å². The molecule has 0 aliphatic rings. The molecule has 0 saturated heterocycles. The highest BCUT2D eigenvalue weighted by Crippen LogP contribution is 2.28. The zero-order valence-electron chi connectivity index (χ0n) is 15.1. The van der Waals surface area contributed by atoms with Gasteiger partial charge < -0.3 is 4.74 Å². The van der Waals surface area contributed by atoms with Crippen molar-refractivity contribution >= 4 is 22.9 Å². The maximum atomic E-state index is 11.4. The summed E-state index contributed by atoms with van der Waals surface area (Å²) >= 11 is 0. The third kappa shape index (κ3) is 5.60. The molecular formula is C20H18N2O6. The molecule has 0 radical (unpaired) electrons. The summed E-state index contributed by atoms with van der Waals surface area (Å²) in [6, 6.07) is 12.0. The molecule has 2 aromatic rings. The molecule has 2 aromatic carbocycles. The van der Waals surface area contributed by atoms with E-state index in [2.05, 4.69) is 0 Å². The number of rotatable bonds is 8. The lowest BCUT2D eigenvalue weighted by atomic mass is 9.96. The van der Waals surface area contributed by atoms with E-state index in [4.69, 9.17) is 4.74 Å². The van der Waals surface area contributed by atoms with Crippen LogP contribution >= 0.6 is 0 Å². The molecule has 2 rings (SSSR count). The number of carbonyl (C=O) groups excluding carboxylic acids is 1. The number of esters is 1. The minimum absolute atomic E-state index is 0.0709. The second kappa shape index (κ2) is 9.77. The van der Waals surface area contributed by atoms with Crippen LogP contribution in [-0.2, 0) is 9.53 Å². The third-order valence-corrected chi connectivity index (χ3v) is 3.72. The summed E-state index contributed by atoms with van der Waals surface area (Å²) in [6.45, 7) is 2.00. The van der Waals surface area contributed by atoms with Crippen LogP contribution < -0.4 is 0 Å². The smallest absolute Gasteiger partial charge is 0.309 e. The van der Waals surface area contributed by atoms with Crippen molar-refractivity contribution in [1.29, 1.82) is 0 Å². The Morgan fingerprint density at radius 2 is 1.54 bits per heavy atom. The first-order valence-electron chi connectivity index (χ1n) is 8.44. The third-order valence-electron chi connectivity index (χ3n) is 3.72. The van der Waals surface area contributed by atoms with E-state index in [0.29, 0.717) is 16.7 Å². The van der Waals surface area contributed by atoms with Crippen molar-refractivity contribution in [3.63, 3.8) is 0 Å². The van der Waals surface area contributed by atoms with E-state index in [1.54, 1.807) is 49.4 Å². The minimum Gasteiger partial charge on any atom is -0.466 e. The van der Waals surface area contributed by atoms with Gasteiger partial charge in [-0.25, -0.2) is 0 Å². The number of hydrogen-bond acceptors (Lipinski definition) is 6. The lowest BCUT2D eigenvalue weighted by molar-refractivity contribution is -0.385. The molecular weight excluding hydrogens is 364 g/mol. The van der Waals surface area contributed by atoms with Crippen LogP contribution in [0.5, 0.6) is 0 Å². The van der Waals surface area contributed by atoms with Gasteiger partial charge in [0.05, 0.1) is 22.9 Å². The Morgan fingerprint density at radius 3 is 2.00 bits per heavy atom. The average Bonchev–Trinajstić information content (AvgIpc) is 2.68. The number of allylic oxidation sites excluding steroid dienone is 2. The Hall–Kier alpha value is -3.81. The second-order valence-electron chi connectivity index (χ2n) is 5.63. The molecule has 8 heteroatoms. The molecule has 0 aliphatic heterocycles. The molecule has 0 bridgehead atoms. The number of nitro groups is 2. The fraction of sp³-hybridized carbons (Fsp3) is 0.150. The van der Waals surface area contributed by atoms with Crippen LogP contribution in [0, 0.1) is 20.2 Å². The van der Waals surface area contributed by atoms with Crippen LogP contribution in [0.4, 0.5) is 11.4 Å². The van der Waals surface area contributed by atoms with Gasteiger partial charge in [-0.1, -0.05) is 42.5 Å². The highest BCUT2D eigenvalue weighted by Gasteiger charge is 2.13. The molecule has 28 heavy (non-hydrogen) atoms. The van der Waals surface area contributed by atoms with E-state index in [0.717, 1.165) is 0 Å². The van der Waals surface area contributed by atoms with Crippen molar-refractivity contribution < 1.29 is 19.4 Å². The summed E-state index contributed by atoms with van der Waals surface area (Å²) in [5.74, 6) is -0.376. The number of benzene rings is 2. The summed E-state index contributed by atoms with van der Waals surface area (Å²) in [6.07, 6.45) is 4.93. The van der Waals surface area contributed by atoms with Crippen LogP contribution in [-0.4, -0.2) is 22.4 Å². The van der Waals surface area contributed by atoms with Crippen LogP contribution in [0.15, 0.2) is 66.8 Å². The zero-order valence-corrected chi connectivity index (χ0v) is 15.1. The summed E-state index contributed by atoms with van der Waals surface area (Å²) in [4.78, 5) is 32.6. The van der Waals surface area contributed by atoms with Crippen molar-refractivity contribution in [2.75, 3.05) is 6.61 Å². The second-order valence-corrected chi connectivity index (χ2v) is 5.63. The summed E-state index contributed by atoms with van der Waals surface area (Å²) < 4.78 is 4.84. The van der Waals surface area contributed by atoms with Gasteiger partial charge in [-0.05, 0) is 23.6 Å². The van der Waals surface area contributed by atoms with E-state index in [-0.39, 0.29) is 30.4 Å². The number of nitro benzene ring substituents is 2. The van der Waals surface area contributed by atoms with E-state index in [1.807, 2.05) is 0 Å². The summed E-state index contributed by atoms with van der Waals surface area (Å²) in [5.41, 5.74) is 1.41. The predicted octanol–water partition coefficient (Wildman–Crippen LogP) is 4.44. The quantitative estimate of drug-likeness (QED) is 0.289. The fourth-order valence-corrected chi connectivity index (χ4v) is 2.48. The highest BCUT2D eigenvalue weighted by molar-refractivity contribution is 5.82. The topological polar surface area (TPSA) is 113 Å². The molecule has 0 N–H and O–H groups in total. The maximum Gasteiger partial charge on any atom is 0.309 e. The molecule has 8 nitrogen and oxygen atoms in total. The van der Waals surface area contributed by atoms with Gasteiger partial charge in [0, 0.05) is 24.3 Å². The first kappa shape index (κ1) is 20.5. The van der Waals surface area contributed by atoms with Gasteiger partial charge >= 0.3 is 5.97 Å². The molecule has 0 aliphatic carbocycles. The first-order valence-corrected chi connectivity index (χ1v) is 8.44. The Balaban J connectivity index is 2.45. The molecule has 0 heterocycles. The molecule has 0 amide bonds. The highest BCUT2D eigenvalue weighted by atomic mass is 16.6. The normalized spacial score (nSPS) is 10.5. The first-order chi connectivity index (χ1) is 13.4. The van der Waals surface area contributed by atoms with Gasteiger partial charge in [0.25, 0.3) is 11.4 Å². The van der Waals surface area contributed by atoms with Gasteiger partial charge in [0.1, 0.15) is 0 Å². The Kier molecular flexibility index (Phi) is 7.15. The number of non-ortho nitro benzene ring substituents is 2. The summed E-state index contributed by atoms with van der Waals surface area (Å²) in [7, 11) is 0. The number of carbonyl (C=O) groups is 1. The van der Waals surface area contributed by atoms with Crippen molar-refractivity contribution in [2.24, 2.45) is 0 Å². The monoisotopic (exact) mass is 382 g/mol. The molecule has 0 spiro atoms. The largest absolute Gasteiger partial charge is 0.466 e. The Bertz CT molecular complexity index is 890. The van der Waals surface area contributed by atoms with Crippen molar-refractivity contribution in [3.8, 4) is 0 Å². The van der Waals surface area contributed by atoms with Gasteiger partial charge in [0.15, 0.2) is 0 Å². The molecule has 0 fully saturated rings. The van der Waals surface area contributed by atoms with Gasteiger partial charge in [0.2, 0.25) is 0 Å². The standard InChI is InChI=1S/C20H18N2O6/c1-2-28-20(23)12-4-3-11-19(15-7-5-9-17(13-15)21(24)25)16-8-6-10-18(14-16)22(26)27/h3-11,13-14H,2,12H2,1H3/b4-3+. The Labute approximate surface area is 161 Å². The fourth-order valence-electron chi connectivity index (χ4n) is 2.48. The molecule has 144 valence electrons. The molecule has 0 aromatic heterocycles. The minimum atomic E-state index is -0.509. The molecule has 0 atom stereocenters.